The summed E-state index contributed by atoms with van der Waals surface area (Å²) in [5.41, 5.74) is 0.388. The molecule has 0 spiro atoms. The fourth-order valence-electron chi connectivity index (χ4n) is 2.26. The smallest absolute Gasteiger partial charge is 0.227 e. The van der Waals surface area contributed by atoms with Crippen molar-refractivity contribution in [2.45, 2.75) is 13.3 Å². The van der Waals surface area contributed by atoms with E-state index in [0.717, 1.165) is 18.7 Å². The average molecular weight is 237 g/mol. The van der Waals surface area contributed by atoms with Gasteiger partial charge in [-0.05, 0) is 19.4 Å². The first-order valence-corrected chi connectivity index (χ1v) is 5.64. The summed E-state index contributed by atoms with van der Waals surface area (Å²) in [6.07, 6.45) is 2.22. The molecule has 92 valence electrons. The molecule has 1 saturated heterocycles. The Balaban J connectivity index is 2.15. The second-order valence-corrected chi connectivity index (χ2v) is 4.65. The van der Waals surface area contributed by atoms with Gasteiger partial charge in [0.25, 0.3) is 0 Å². The monoisotopic (exact) mass is 237 g/mol. The van der Waals surface area contributed by atoms with Crippen molar-refractivity contribution in [2.24, 2.45) is 5.41 Å². The lowest BCUT2D eigenvalue weighted by molar-refractivity contribution is -0.128. The highest BCUT2D eigenvalue weighted by Crippen LogP contribution is 2.33. The maximum absolute atomic E-state index is 13.0. The van der Waals surface area contributed by atoms with E-state index in [4.69, 9.17) is 0 Å². The number of nitrogens with one attached hydrogen (secondary N) is 1. The SMILES string of the molecule is CNC(=O)C1(C)CCN(c2ccnc(F)c2)C1. The third-order valence-electron chi connectivity index (χ3n) is 3.32. The van der Waals surface area contributed by atoms with Gasteiger partial charge in [0.15, 0.2) is 0 Å². The van der Waals surface area contributed by atoms with E-state index in [-0.39, 0.29) is 5.91 Å². The maximum Gasteiger partial charge on any atom is 0.227 e. The van der Waals surface area contributed by atoms with Crippen LogP contribution in [0.3, 0.4) is 0 Å². The maximum atomic E-state index is 13.0. The van der Waals surface area contributed by atoms with Crippen molar-refractivity contribution < 1.29 is 9.18 Å². The summed E-state index contributed by atoms with van der Waals surface area (Å²) in [5, 5.41) is 2.68. The van der Waals surface area contributed by atoms with Gasteiger partial charge in [0, 0.05) is 38.1 Å². The largest absolute Gasteiger partial charge is 0.370 e. The molecule has 2 rings (SSSR count). The number of hydrogen-bond donors (Lipinski definition) is 1. The van der Waals surface area contributed by atoms with Crippen molar-refractivity contribution in [2.75, 3.05) is 25.0 Å². The Hall–Kier alpha value is -1.65. The third-order valence-corrected chi connectivity index (χ3v) is 3.32. The van der Waals surface area contributed by atoms with Crippen molar-refractivity contribution in [1.29, 1.82) is 0 Å². The van der Waals surface area contributed by atoms with E-state index >= 15 is 0 Å². The number of aromatic nitrogens is 1. The zero-order valence-electron chi connectivity index (χ0n) is 10.0. The Bertz CT molecular complexity index is 438. The lowest BCUT2D eigenvalue weighted by Gasteiger charge is -2.23. The molecule has 0 bridgehead atoms. The van der Waals surface area contributed by atoms with Gasteiger partial charge in [-0.3, -0.25) is 4.79 Å². The van der Waals surface area contributed by atoms with Gasteiger partial charge in [-0.25, -0.2) is 4.98 Å². The van der Waals surface area contributed by atoms with Crippen LogP contribution >= 0.6 is 0 Å². The summed E-state index contributed by atoms with van der Waals surface area (Å²) >= 11 is 0. The fourth-order valence-corrected chi connectivity index (χ4v) is 2.26. The molecule has 1 aliphatic rings. The minimum absolute atomic E-state index is 0.0366. The van der Waals surface area contributed by atoms with E-state index < -0.39 is 11.4 Å². The van der Waals surface area contributed by atoms with Crippen LogP contribution in [0.1, 0.15) is 13.3 Å². The number of amides is 1. The molecular formula is C12H16FN3O. The molecule has 1 fully saturated rings. The molecule has 1 atom stereocenters. The Kier molecular flexibility index (Phi) is 3.00. The molecule has 1 aliphatic heterocycles. The van der Waals surface area contributed by atoms with Gasteiger partial charge in [-0.1, -0.05) is 0 Å². The van der Waals surface area contributed by atoms with Crippen molar-refractivity contribution in [3.8, 4) is 0 Å². The zero-order chi connectivity index (χ0) is 12.5. The summed E-state index contributed by atoms with van der Waals surface area (Å²) in [6.45, 7) is 3.30. The van der Waals surface area contributed by atoms with E-state index in [1.54, 1.807) is 13.1 Å². The molecule has 2 heterocycles. The van der Waals surface area contributed by atoms with Crippen LogP contribution in [0.15, 0.2) is 18.3 Å². The summed E-state index contributed by atoms with van der Waals surface area (Å²) < 4.78 is 13.0. The highest BCUT2D eigenvalue weighted by molar-refractivity contribution is 5.83. The normalized spacial score (nSPS) is 23.8. The van der Waals surface area contributed by atoms with E-state index in [1.807, 2.05) is 11.8 Å². The minimum Gasteiger partial charge on any atom is -0.370 e. The van der Waals surface area contributed by atoms with Gasteiger partial charge in [0.2, 0.25) is 11.9 Å². The van der Waals surface area contributed by atoms with Gasteiger partial charge in [0.1, 0.15) is 0 Å². The molecule has 1 aromatic rings. The zero-order valence-corrected chi connectivity index (χ0v) is 10.0. The van der Waals surface area contributed by atoms with Crippen LogP contribution in [0.4, 0.5) is 10.1 Å². The van der Waals surface area contributed by atoms with Crippen molar-refractivity contribution >= 4 is 11.6 Å². The standard InChI is InChI=1S/C12H16FN3O/c1-12(11(17)14-2)4-6-16(8-12)9-3-5-15-10(13)7-9/h3,5,7H,4,6,8H2,1-2H3,(H,14,17). The van der Waals surface area contributed by atoms with Gasteiger partial charge in [0.05, 0.1) is 5.41 Å². The number of anilines is 1. The second-order valence-electron chi connectivity index (χ2n) is 4.65. The van der Waals surface area contributed by atoms with Crippen LogP contribution in [0, 0.1) is 11.4 Å². The minimum atomic E-state index is -0.490. The number of halogens is 1. The highest BCUT2D eigenvalue weighted by atomic mass is 19.1. The molecule has 1 unspecified atom stereocenters. The summed E-state index contributed by atoms with van der Waals surface area (Å²) in [6, 6.07) is 3.16. The fraction of sp³-hybridized carbons (Fsp3) is 0.500. The number of carbonyl (C=O) groups is 1. The Morgan fingerprint density at radius 3 is 3.06 bits per heavy atom. The average Bonchev–Trinajstić information content (AvgIpc) is 2.72. The van der Waals surface area contributed by atoms with Crippen molar-refractivity contribution in [1.82, 2.24) is 10.3 Å². The van der Waals surface area contributed by atoms with Crippen LogP contribution < -0.4 is 10.2 Å². The number of carbonyl (C=O) groups excluding carboxylic acids is 1. The number of hydrogen-bond acceptors (Lipinski definition) is 3. The van der Waals surface area contributed by atoms with Crippen LogP contribution in [-0.4, -0.2) is 31.0 Å². The molecule has 5 heteroatoms. The molecule has 0 saturated carbocycles. The summed E-state index contributed by atoms with van der Waals surface area (Å²) in [5.74, 6) is -0.453. The van der Waals surface area contributed by atoms with Crippen LogP contribution in [-0.2, 0) is 4.79 Å². The van der Waals surface area contributed by atoms with Gasteiger partial charge < -0.3 is 10.2 Å². The Morgan fingerprint density at radius 1 is 1.65 bits per heavy atom. The Labute approximate surface area is 99.8 Å². The molecule has 4 nitrogen and oxygen atoms in total. The first kappa shape index (κ1) is 11.8. The van der Waals surface area contributed by atoms with Crippen molar-refractivity contribution in [3.63, 3.8) is 0 Å². The number of pyridine rings is 1. The first-order chi connectivity index (χ1) is 8.05. The van der Waals surface area contributed by atoms with Crippen LogP contribution in [0.25, 0.3) is 0 Å². The second kappa shape index (κ2) is 4.31. The lowest BCUT2D eigenvalue weighted by Crippen LogP contribution is -2.39. The Morgan fingerprint density at radius 2 is 2.41 bits per heavy atom. The molecule has 1 aromatic heterocycles. The number of nitrogens with zero attached hydrogens (tertiary/aromatic N) is 2. The van der Waals surface area contributed by atoms with Gasteiger partial charge in [-0.2, -0.15) is 4.39 Å². The third kappa shape index (κ3) is 2.23. The van der Waals surface area contributed by atoms with Crippen LogP contribution in [0.2, 0.25) is 0 Å². The molecule has 1 amide bonds. The molecular weight excluding hydrogens is 221 g/mol. The quantitative estimate of drug-likeness (QED) is 0.786. The molecule has 0 radical (unpaired) electrons. The predicted molar refractivity (Wildman–Crippen MR) is 63.2 cm³/mol. The van der Waals surface area contributed by atoms with Crippen molar-refractivity contribution in [3.05, 3.63) is 24.3 Å². The topological polar surface area (TPSA) is 45.2 Å². The highest BCUT2D eigenvalue weighted by Gasteiger charge is 2.39. The first-order valence-electron chi connectivity index (χ1n) is 5.64. The molecule has 0 aromatic carbocycles. The predicted octanol–water partition coefficient (Wildman–Crippen LogP) is 1.18. The molecule has 17 heavy (non-hydrogen) atoms. The van der Waals surface area contributed by atoms with Gasteiger partial charge in [-0.15, -0.1) is 0 Å². The van der Waals surface area contributed by atoms with E-state index in [0.29, 0.717) is 6.54 Å². The van der Waals surface area contributed by atoms with E-state index in [1.165, 1.54) is 12.3 Å². The molecule has 1 N–H and O–H groups in total. The summed E-state index contributed by atoms with van der Waals surface area (Å²) in [7, 11) is 1.64. The number of rotatable bonds is 2. The summed E-state index contributed by atoms with van der Waals surface area (Å²) in [4.78, 5) is 17.3. The van der Waals surface area contributed by atoms with E-state index in [9.17, 15) is 9.18 Å². The van der Waals surface area contributed by atoms with Gasteiger partial charge >= 0.3 is 0 Å². The van der Waals surface area contributed by atoms with Crippen LogP contribution in [0.5, 0.6) is 0 Å². The lowest BCUT2D eigenvalue weighted by atomic mass is 9.89. The van der Waals surface area contributed by atoms with E-state index in [2.05, 4.69) is 10.3 Å². The molecule has 0 aliphatic carbocycles.